The van der Waals surface area contributed by atoms with Crippen molar-refractivity contribution in [2.45, 2.75) is 84.6 Å². The van der Waals surface area contributed by atoms with Gasteiger partial charge in [-0.25, -0.2) is 4.39 Å². The maximum atomic E-state index is 15.1. The van der Waals surface area contributed by atoms with E-state index in [2.05, 4.69) is 4.98 Å². The summed E-state index contributed by atoms with van der Waals surface area (Å²) in [5.74, 6) is -1.23. The number of thioether (sulfide) groups is 1. The van der Waals surface area contributed by atoms with Gasteiger partial charge in [-0.1, -0.05) is 92.1 Å². The van der Waals surface area contributed by atoms with Crippen LogP contribution in [0.25, 0.3) is 11.1 Å². The van der Waals surface area contributed by atoms with Crippen molar-refractivity contribution in [2.75, 3.05) is 0 Å². The molecule has 0 aliphatic heterocycles. The van der Waals surface area contributed by atoms with Gasteiger partial charge < -0.3 is 14.4 Å². The van der Waals surface area contributed by atoms with Crippen molar-refractivity contribution >= 4 is 187 Å². The van der Waals surface area contributed by atoms with E-state index in [1.165, 1.54) is 30.5 Å². The molecule has 1 aliphatic rings. The lowest BCUT2D eigenvalue weighted by Gasteiger charge is -2.65. The van der Waals surface area contributed by atoms with E-state index in [1.807, 2.05) is 0 Å². The predicted octanol–water partition coefficient (Wildman–Crippen LogP) is -6.47. The fourth-order valence-electron chi connectivity index (χ4n) is 7.83. The molecule has 0 bridgehead atoms. The minimum absolute atomic E-state index is 0.0985. The number of amides is 1. The molecule has 0 saturated carbocycles. The van der Waals surface area contributed by atoms with Crippen molar-refractivity contribution in [1.29, 1.82) is 0 Å². The number of alkyl halides is 3. The van der Waals surface area contributed by atoms with Crippen LogP contribution in [0, 0.1) is 5.82 Å². The number of carbonyl (C=O) groups is 1. The highest BCUT2D eigenvalue weighted by atomic mass is 32.2. The number of aromatic nitrogens is 2. The Morgan fingerprint density at radius 3 is 1.67 bits per heavy atom. The number of carbonyl (C=O) groups excluding carboxylic acids is 1. The Kier molecular flexibility index (Phi) is 14.6. The Bertz CT molecular complexity index is 2460. The molecule has 6 nitrogen and oxygen atoms in total. The van der Waals surface area contributed by atoms with E-state index >= 15 is 4.79 Å². The molecule has 0 N–H and O–H groups in total. The summed E-state index contributed by atoms with van der Waals surface area (Å²) in [6.45, 7) is 0.973. The van der Waals surface area contributed by atoms with Gasteiger partial charge in [-0.15, -0.1) is 0 Å². The first-order chi connectivity index (χ1) is 28.8. The smallest absolute Gasteiger partial charge is 0.348 e. The van der Waals surface area contributed by atoms with Gasteiger partial charge in [0.05, 0.1) is 62.8 Å². The number of benzene rings is 3. The van der Waals surface area contributed by atoms with Crippen molar-refractivity contribution in [3.63, 3.8) is 0 Å². The van der Waals surface area contributed by atoms with Crippen LogP contribution >= 0.6 is 11.8 Å². The topological polar surface area (TPSA) is 58.4 Å². The zero-order valence-electron chi connectivity index (χ0n) is 34.3. The van der Waals surface area contributed by atoms with Crippen LogP contribution in [0.2, 0.25) is 0 Å². The quantitative estimate of drug-likeness (QED) is 0.0583. The molecule has 280 valence electrons. The normalized spacial score (nSPS) is 13.6. The number of rotatable bonds is 13. The number of hydrogen-bond acceptors (Lipinski definition) is 5. The van der Waals surface area contributed by atoms with Gasteiger partial charge in [0, 0.05) is 29.1 Å². The highest BCUT2D eigenvalue weighted by Crippen LogP contribution is 2.35. The van der Waals surface area contributed by atoms with Gasteiger partial charge in [-0.2, -0.15) is 18.2 Å². The van der Waals surface area contributed by atoms with Crippen molar-refractivity contribution in [3.8, 4) is 11.1 Å². The molecular formula is C36H22B16F4N4O2S. The van der Waals surface area contributed by atoms with Crippen molar-refractivity contribution in [1.82, 2.24) is 19.4 Å². The Hall–Kier alpha value is -2.92. The fourth-order valence-corrected chi connectivity index (χ4v) is 8.80. The summed E-state index contributed by atoms with van der Waals surface area (Å²) in [6.07, 6.45) is -3.78. The first-order valence-corrected chi connectivity index (χ1v) is 19.7. The minimum atomic E-state index is -5.07. The van der Waals surface area contributed by atoms with Gasteiger partial charge in [0.25, 0.3) is 5.56 Å². The maximum absolute atomic E-state index is 15.1. The van der Waals surface area contributed by atoms with Crippen LogP contribution in [0.3, 0.4) is 0 Å². The first kappa shape index (κ1) is 51.1. The highest BCUT2D eigenvalue weighted by molar-refractivity contribution is 7.98. The van der Waals surface area contributed by atoms with E-state index in [0.717, 1.165) is 21.6 Å². The van der Waals surface area contributed by atoms with Gasteiger partial charge in [0.1, 0.15) is 75.1 Å². The molecule has 32 radical (unpaired) electrons. The zero-order valence-corrected chi connectivity index (χ0v) is 35.1. The van der Waals surface area contributed by atoms with Gasteiger partial charge in [0.15, 0.2) is 5.16 Å². The Balaban J connectivity index is 1.73. The summed E-state index contributed by atoms with van der Waals surface area (Å²) in [5.41, 5.74) is -6.64. The van der Waals surface area contributed by atoms with Crippen molar-refractivity contribution < 1.29 is 22.4 Å². The molecule has 0 spiro atoms. The third-order valence-corrected chi connectivity index (χ3v) is 11.8. The molecule has 1 aliphatic carbocycles. The van der Waals surface area contributed by atoms with E-state index in [1.54, 1.807) is 12.1 Å². The summed E-state index contributed by atoms with van der Waals surface area (Å²) in [4.78, 5) is 34.1. The second-order valence-electron chi connectivity index (χ2n) is 15.8. The molecule has 3 aromatic carbocycles. The lowest BCUT2D eigenvalue weighted by atomic mass is 9.33. The highest BCUT2D eigenvalue weighted by Gasteiger charge is 2.50. The predicted molar refractivity (Wildman–Crippen MR) is 257 cm³/mol. The molecule has 0 unspecified atom stereocenters. The Morgan fingerprint density at radius 1 is 0.730 bits per heavy atom. The molecule has 63 heavy (non-hydrogen) atoms. The van der Waals surface area contributed by atoms with Crippen LogP contribution in [-0.4, -0.2) is 172 Å². The van der Waals surface area contributed by atoms with E-state index in [0.29, 0.717) is 36.1 Å². The summed E-state index contributed by atoms with van der Waals surface area (Å²) < 4.78 is 57.1. The average molecular weight is 824 g/mol. The average Bonchev–Trinajstić information content (AvgIpc) is 3.65. The molecular weight excluding hydrogens is 801 g/mol. The second-order valence-corrected chi connectivity index (χ2v) is 16.8. The summed E-state index contributed by atoms with van der Waals surface area (Å²) >= 11 is 1.08. The van der Waals surface area contributed by atoms with Crippen LogP contribution in [0.4, 0.5) is 17.6 Å². The van der Waals surface area contributed by atoms with Gasteiger partial charge in [-0.3, -0.25) is 9.59 Å². The zero-order chi connectivity index (χ0) is 47.7. The van der Waals surface area contributed by atoms with E-state index in [4.69, 9.17) is 126 Å². The van der Waals surface area contributed by atoms with E-state index in [-0.39, 0.29) is 22.0 Å². The molecule has 0 atom stereocenters. The summed E-state index contributed by atoms with van der Waals surface area (Å²) in [5, 5.41) is -9.68. The number of nitrogens with zero attached hydrogens (tertiary/aromatic N) is 4. The Labute approximate surface area is 390 Å². The number of hydrogen-bond donors (Lipinski definition) is 0. The maximum Gasteiger partial charge on any atom is 0.415 e. The van der Waals surface area contributed by atoms with Crippen molar-refractivity contribution in [3.05, 3.63) is 68.4 Å². The number of halogens is 4. The molecule has 1 amide bonds. The molecule has 1 aromatic heterocycles. The lowest BCUT2D eigenvalue weighted by Crippen LogP contribution is -2.81. The Morgan fingerprint density at radius 2 is 1.21 bits per heavy atom. The number of fused-ring (bicyclic) bond motifs is 1. The molecule has 0 saturated heterocycles. The van der Waals surface area contributed by atoms with Crippen LogP contribution in [0.1, 0.15) is 48.2 Å². The van der Waals surface area contributed by atoms with Crippen molar-refractivity contribution in [2.24, 2.45) is 0 Å². The summed E-state index contributed by atoms with van der Waals surface area (Å²) in [6, 6.07) is 5.62. The van der Waals surface area contributed by atoms with Gasteiger partial charge in [-0.05, 0) is 64.3 Å². The fraction of sp³-hybridized carbons (Fsp3) is 0.361. The standard InChI is InChI=1S/C36H22B16F4N4O2S/c1-32(45,46)60(33(2,47)48)36(51,52)35(49,50)59(18(61)11-58-17-5-3-4-15(17)30(62)57-31(58)63-12-13-6-8-14(53)9-7-13)10-16-22(37)24(39)19(25(40)23(16)38)20-26(41)28(43)21(34(54,55)56)29(44)27(20)42/h6-9H,3-5,10-12H2,1-2H3. The monoisotopic (exact) mass is 826 g/mol. The van der Waals surface area contributed by atoms with Gasteiger partial charge in [0.2, 0.25) is 5.91 Å². The largest absolute Gasteiger partial charge is 0.415 e. The van der Waals surface area contributed by atoms with Crippen LogP contribution < -0.4 is 49.3 Å². The third-order valence-electron chi connectivity index (χ3n) is 10.8. The third kappa shape index (κ3) is 9.67. The molecule has 5 rings (SSSR count). The molecule has 0 fully saturated rings. The molecule has 27 heteroatoms. The van der Waals surface area contributed by atoms with E-state index < -0.39 is 113 Å². The molecule has 4 aromatic rings. The minimum Gasteiger partial charge on any atom is -0.348 e. The second kappa shape index (κ2) is 18.0. The van der Waals surface area contributed by atoms with E-state index in [9.17, 15) is 22.4 Å². The SMILES string of the molecule is [B]c1c([B])c(-c2c([B])c([B])c(C(F)(F)F)c([B])c2[B])c([B])c([B])c1CN(C(=O)Cn1c(SCc2ccc(F)cc2)nc(=O)c2c1CCC2)C([B])([B])C([B])([B])N(C([B])([B])C)C([B])([B])C. The van der Waals surface area contributed by atoms with Crippen LogP contribution in [-0.2, 0) is 42.7 Å². The van der Waals surface area contributed by atoms with Crippen LogP contribution in [0.15, 0.2) is 34.2 Å². The lowest BCUT2D eigenvalue weighted by molar-refractivity contribution is -0.136. The summed E-state index contributed by atoms with van der Waals surface area (Å²) in [7, 11) is 102. The van der Waals surface area contributed by atoms with Crippen LogP contribution in [0.5, 0.6) is 0 Å². The van der Waals surface area contributed by atoms with Gasteiger partial charge >= 0.3 is 6.18 Å². The first-order valence-electron chi connectivity index (χ1n) is 18.8. The molecule has 1 heterocycles.